The van der Waals surface area contributed by atoms with Crippen LogP contribution in [0.5, 0.6) is 0 Å². The Morgan fingerprint density at radius 2 is 1.90 bits per heavy atom. The summed E-state index contributed by atoms with van der Waals surface area (Å²) in [5.74, 6) is -0.722. The number of hydrogen-bond acceptors (Lipinski definition) is 1. The maximum Gasteiger partial charge on any atom is 0.303 e. The molecule has 0 aromatic carbocycles. The van der Waals surface area contributed by atoms with Gasteiger partial charge in [-0.2, -0.15) is 0 Å². The molecule has 0 heterocycles. The minimum atomic E-state index is -0.722. The topological polar surface area (TPSA) is 37.3 Å². The predicted octanol–water partition coefficient (Wildman–Crippen LogP) is 2.54. The molecular formula is C7H11BrO2. The van der Waals surface area contributed by atoms with Gasteiger partial charge < -0.3 is 5.11 Å². The average Bonchev–Trinajstić information content (AvgIpc) is 1.79. The zero-order chi connectivity index (χ0) is 7.98. The summed E-state index contributed by atoms with van der Waals surface area (Å²) in [5, 5.41) is 8.24. The normalized spacial score (nSPS) is 9.30. The number of hydrogen-bond donors (Lipinski definition) is 1. The summed E-state index contributed by atoms with van der Waals surface area (Å²) < 4.78 is 0.942. The first-order valence-electron chi connectivity index (χ1n) is 3.18. The third-order valence-corrected chi connectivity index (χ3v) is 1.49. The third kappa shape index (κ3) is 7.69. The van der Waals surface area contributed by atoms with Gasteiger partial charge in [-0.05, 0) is 23.7 Å². The minimum absolute atomic E-state index is 0.264. The lowest BCUT2D eigenvalue weighted by molar-refractivity contribution is -0.137. The summed E-state index contributed by atoms with van der Waals surface area (Å²) in [6.07, 6.45) is 2.77. The Kier molecular flexibility index (Phi) is 5.30. The van der Waals surface area contributed by atoms with E-state index < -0.39 is 5.97 Å². The average molecular weight is 207 g/mol. The molecule has 0 saturated carbocycles. The van der Waals surface area contributed by atoms with Crippen molar-refractivity contribution in [3.05, 3.63) is 11.1 Å². The van der Waals surface area contributed by atoms with Gasteiger partial charge in [0.1, 0.15) is 0 Å². The van der Waals surface area contributed by atoms with Crippen LogP contribution in [0, 0.1) is 0 Å². The molecule has 0 amide bonds. The molecule has 0 aromatic rings. The fourth-order valence-corrected chi connectivity index (χ4v) is 0.873. The van der Waals surface area contributed by atoms with Gasteiger partial charge in [0.2, 0.25) is 0 Å². The molecule has 0 spiro atoms. The Morgan fingerprint density at radius 1 is 1.40 bits per heavy atom. The van der Waals surface area contributed by atoms with Gasteiger partial charge in [0.15, 0.2) is 0 Å². The van der Waals surface area contributed by atoms with Crippen LogP contribution in [0.3, 0.4) is 0 Å². The van der Waals surface area contributed by atoms with Crippen LogP contribution in [0.25, 0.3) is 0 Å². The van der Waals surface area contributed by atoms with Crippen LogP contribution < -0.4 is 0 Å². The highest BCUT2D eigenvalue weighted by atomic mass is 79.9. The van der Waals surface area contributed by atoms with E-state index in [0.29, 0.717) is 0 Å². The molecular weight excluding hydrogens is 196 g/mol. The van der Waals surface area contributed by atoms with Gasteiger partial charge in [0, 0.05) is 6.42 Å². The van der Waals surface area contributed by atoms with E-state index in [1.54, 1.807) is 0 Å². The lowest BCUT2D eigenvalue weighted by Gasteiger charge is -1.94. The molecule has 0 rings (SSSR count). The quantitative estimate of drug-likeness (QED) is 0.703. The summed E-state index contributed by atoms with van der Waals surface area (Å²) in [6, 6.07) is 0. The summed E-state index contributed by atoms with van der Waals surface area (Å²) in [5.41, 5.74) is 0. The van der Waals surface area contributed by atoms with E-state index in [2.05, 4.69) is 22.5 Å². The van der Waals surface area contributed by atoms with Gasteiger partial charge in [-0.25, -0.2) is 0 Å². The number of allylic oxidation sites excluding steroid dienone is 1. The fraction of sp³-hybridized carbons (Fsp3) is 0.571. The lowest BCUT2D eigenvalue weighted by Crippen LogP contribution is -1.93. The van der Waals surface area contributed by atoms with Gasteiger partial charge in [-0.1, -0.05) is 22.5 Å². The molecule has 1 N–H and O–H groups in total. The number of unbranched alkanes of at least 4 members (excludes halogenated alkanes) is 1. The predicted molar refractivity (Wildman–Crippen MR) is 44.2 cm³/mol. The first kappa shape index (κ1) is 9.69. The zero-order valence-electron chi connectivity index (χ0n) is 5.77. The van der Waals surface area contributed by atoms with Crippen molar-refractivity contribution in [2.45, 2.75) is 25.7 Å². The van der Waals surface area contributed by atoms with Crippen LogP contribution in [0.2, 0.25) is 0 Å². The van der Waals surface area contributed by atoms with Crippen molar-refractivity contribution in [1.82, 2.24) is 0 Å². The number of carbonyl (C=O) groups is 1. The smallest absolute Gasteiger partial charge is 0.303 e. The Morgan fingerprint density at radius 3 is 2.30 bits per heavy atom. The largest absolute Gasteiger partial charge is 0.481 e. The van der Waals surface area contributed by atoms with Gasteiger partial charge in [-0.3, -0.25) is 4.79 Å². The minimum Gasteiger partial charge on any atom is -0.481 e. The van der Waals surface area contributed by atoms with Gasteiger partial charge >= 0.3 is 5.97 Å². The van der Waals surface area contributed by atoms with E-state index in [1.807, 2.05) is 0 Å². The lowest BCUT2D eigenvalue weighted by atomic mass is 10.2. The molecule has 2 nitrogen and oxygen atoms in total. The maximum absolute atomic E-state index is 10.0. The molecule has 58 valence electrons. The van der Waals surface area contributed by atoms with E-state index in [9.17, 15) is 4.79 Å². The standard InChI is InChI=1S/C7H11BrO2/c1-6(8)4-2-3-5-7(9)10/h1-5H2,(H,9,10). The van der Waals surface area contributed by atoms with E-state index >= 15 is 0 Å². The van der Waals surface area contributed by atoms with E-state index in [4.69, 9.17) is 5.11 Å². The summed E-state index contributed by atoms with van der Waals surface area (Å²) in [4.78, 5) is 10.0. The van der Waals surface area contributed by atoms with Crippen molar-refractivity contribution < 1.29 is 9.90 Å². The van der Waals surface area contributed by atoms with Crippen LogP contribution in [0.1, 0.15) is 25.7 Å². The second-order valence-electron chi connectivity index (χ2n) is 2.12. The second kappa shape index (κ2) is 5.47. The van der Waals surface area contributed by atoms with E-state index in [1.165, 1.54) is 0 Å². The molecule has 0 saturated heterocycles. The van der Waals surface area contributed by atoms with Crippen LogP contribution in [-0.4, -0.2) is 11.1 Å². The van der Waals surface area contributed by atoms with Gasteiger partial charge in [-0.15, -0.1) is 0 Å². The number of rotatable bonds is 5. The monoisotopic (exact) mass is 206 g/mol. The van der Waals surface area contributed by atoms with Gasteiger partial charge in [0.05, 0.1) is 0 Å². The molecule has 0 aliphatic heterocycles. The molecule has 0 fully saturated rings. The van der Waals surface area contributed by atoms with Crippen molar-refractivity contribution in [3.63, 3.8) is 0 Å². The van der Waals surface area contributed by atoms with Crippen molar-refractivity contribution in [2.75, 3.05) is 0 Å². The Balaban J connectivity index is 3.06. The summed E-state index contributed by atoms with van der Waals surface area (Å²) in [7, 11) is 0. The van der Waals surface area contributed by atoms with Gasteiger partial charge in [0.25, 0.3) is 0 Å². The van der Waals surface area contributed by atoms with Crippen LogP contribution in [-0.2, 0) is 4.79 Å². The van der Waals surface area contributed by atoms with E-state index in [0.717, 1.165) is 23.7 Å². The van der Waals surface area contributed by atoms with Crippen LogP contribution in [0.4, 0.5) is 0 Å². The highest BCUT2D eigenvalue weighted by molar-refractivity contribution is 9.11. The number of aliphatic carboxylic acids is 1. The SMILES string of the molecule is C=C(Br)CCCCC(=O)O. The number of carboxylic acid groups (broad SMARTS) is 1. The Labute approximate surface area is 69.1 Å². The molecule has 3 heteroatoms. The molecule has 10 heavy (non-hydrogen) atoms. The molecule has 0 aliphatic carbocycles. The summed E-state index contributed by atoms with van der Waals surface area (Å²) in [6.45, 7) is 3.64. The Hall–Kier alpha value is -0.310. The highest BCUT2D eigenvalue weighted by Crippen LogP contribution is 2.11. The highest BCUT2D eigenvalue weighted by Gasteiger charge is 1.95. The fourth-order valence-electron chi connectivity index (χ4n) is 0.593. The first-order chi connectivity index (χ1) is 4.63. The molecule has 0 bridgehead atoms. The van der Waals surface area contributed by atoms with Crippen molar-refractivity contribution in [2.24, 2.45) is 0 Å². The number of carboxylic acids is 1. The van der Waals surface area contributed by atoms with Crippen LogP contribution in [0.15, 0.2) is 11.1 Å². The van der Waals surface area contributed by atoms with Crippen molar-refractivity contribution >= 4 is 21.9 Å². The molecule has 0 radical (unpaired) electrons. The van der Waals surface area contributed by atoms with Crippen molar-refractivity contribution in [3.8, 4) is 0 Å². The molecule has 0 aliphatic rings. The Bertz CT molecular complexity index is 116. The third-order valence-electron chi connectivity index (χ3n) is 1.09. The molecule has 0 aromatic heterocycles. The molecule has 0 atom stereocenters. The summed E-state index contributed by atoms with van der Waals surface area (Å²) >= 11 is 3.20. The first-order valence-corrected chi connectivity index (χ1v) is 3.97. The number of halogens is 1. The van der Waals surface area contributed by atoms with Crippen LogP contribution >= 0.6 is 15.9 Å². The van der Waals surface area contributed by atoms with Crippen molar-refractivity contribution in [1.29, 1.82) is 0 Å². The second-order valence-corrected chi connectivity index (χ2v) is 3.24. The maximum atomic E-state index is 10.0. The van der Waals surface area contributed by atoms with E-state index in [-0.39, 0.29) is 6.42 Å². The molecule has 0 unspecified atom stereocenters. The zero-order valence-corrected chi connectivity index (χ0v) is 7.35.